The summed E-state index contributed by atoms with van der Waals surface area (Å²) in [6.07, 6.45) is 1.39. The maximum atomic E-state index is 12.8. The Kier molecular flexibility index (Phi) is 11.3. The Labute approximate surface area is 236 Å². The number of ether oxygens (including phenoxy) is 3. The van der Waals surface area contributed by atoms with Crippen molar-refractivity contribution in [2.24, 2.45) is 0 Å². The van der Waals surface area contributed by atoms with Gasteiger partial charge < -0.3 is 19.1 Å². The van der Waals surface area contributed by atoms with Crippen molar-refractivity contribution in [1.82, 2.24) is 14.9 Å². The van der Waals surface area contributed by atoms with Crippen LogP contribution in [0.2, 0.25) is 0 Å². The van der Waals surface area contributed by atoms with Gasteiger partial charge in [0.2, 0.25) is 5.82 Å². The second kappa shape index (κ2) is 13.4. The van der Waals surface area contributed by atoms with Crippen LogP contribution in [-0.4, -0.2) is 87.2 Å². The number of aromatic nitrogens is 2. The number of nitrogens with one attached hydrogen (secondary N) is 1. The number of anilines is 1. The zero-order chi connectivity index (χ0) is 24.7. The van der Waals surface area contributed by atoms with Gasteiger partial charge in [-0.3, -0.25) is 4.72 Å². The summed E-state index contributed by atoms with van der Waals surface area (Å²) in [7, 11) is 1.64. The van der Waals surface area contributed by atoms with Crippen molar-refractivity contribution in [3.63, 3.8) is 0 Å². The van der Waals surface area contributed by atoms with Crippen LogP contribution in [0, 0.1) is 6.92 Å². The molecule has 0 aliphatic carbocycles. The van der Waals surface area contributed by atoms with E-state index in [0.717, 1.165) is 17.7 Å². The van der Waals surface area contributed by atoms with Crippen molar-refractivity contribution >= 4 is 61.3 Å². The molecular weight excluding hydrogens is 547 g/mol. The normalized spacial score (nSPS) is 11.0. The van der Waals surface area contributed by atoms with Crippen molar-refractivity contribution < 1.29 is 22.6 Å². The summed E-state index contributed by atoms with van der Waals surface area (Å²) in [5.74, 6) is 1.22. The van der Waals surface area contributed by atoms with Crippen LogP contribution in [0.5, 0.6) is 17.4 Å². The zero-order valence-corrected chi connectivity index (χ0v) is 21.8. The maximum absolute atomic E-state index is 12.8. The molecule has 0 aliphatic rings. The van der Waals surface area contributed by atoms with Crippen LogP contribution >= 0.6 is 15.9 Å². The van der Waals surface area contributed by atoms with Gasteiger partial charge in [0.05, 0.1) is 18.2 Å². The Hall–Kier alpha value is -1.89. The molecule has 1 aromatic heterocycles. The van der Waals surface area contributed by atoms with E-state index >= 15 is 0 Å². The number of nitrogens with zero attached hydrogens (tertiary/aromatic N) is 3. The number of likely N-dealkylation sites (N-methyl/N-ethyl adjacent to an activating group) is 1. The molecule has 0 unspecified atom stereocenters. The second-order valence-corrected chi connectivity index (χ2v) is 10.2. The third kappa shape index (κ3) is 8.62. The van der Waals surface area contributed by atoms with Crippen LogP contribution in [0.3, 0.4) is 0 Å². The van der Waals surface area contributed by atoms with Crippen LogP contribution in [0.25, 0.3) is 0 Å². The van der Waals surface area contributed by atoms with Gasteiger partial charge in [-0.15, -0.1) is 0 Å². The van der Waals surface area contributed by atoms with E-state index in [1.54, 1.807) is 25.3 Å². The summed E-state index contributed by atoms with van der Waals surface area (Å²) in [5, 5.41) is 0. The number of benzene rings is 2. The molecule has 0 spiro atoms. The predicted octanol–water partition coefficient (Wildman–Crippen LogP) is 3.23. The number of halogens is 1. The molecule has 184 valence electrons. The monoisotopic (exact) mass is 574 g/mol. The Bertz CT molecular complexity index is 1230. The van der Waals surface area contributed by atoms with Gasteiger partial charge in [-0.05, 0) is 66.8 Å². The number of hydrogen-bond acceptors (Lipinski definition) is 8. The molecule has 2 aromatic carbocycles. The minimum absolute atomic E-state index is 0. The van der Waals surface area contributed by atoms with E-state index in [2.05, 4.69) is 30.6 Å². The SMILES string of the molecule is COc1ccc(COc2nc(Br)cnc2NS(=O)(=O)c2ccc(C)cc2)cc1OCCN(C)C.[NaH]. The van der Waals surface area contributed by atoms with Gasteiger partial charge in [0, 0.05) is 6.54 Å². The van der Waals surface area contributed by atoms with E-state index in [4.69, 9.17) is 14.2 Å². The number of sulfonamides is 1. The molecule has 9 nitrogen and oxygen atoms in total. The summed E-state index contributed by atoms with van der Waals surface area (Å²) in [4.78, 5) is 10.5. The summed E-state index contributed by atoms with van der Waals surface area (Å²) >= 11 is 3.25. The standard InChI is InChI=1S/C23H27BrN4O5S.Na.H/c1-16-5-8-18(9-6-16)34(29,30)27-22-23(26-21(24)14-25-22)33-15-17-7-10-19(31-4)20(13-17)32-12-11-28(2)3;;/h5-10,13-14H,11-12,15H2,1-4H3,(H,25,27);;. The molecule has 35 heavy (non-hydrogen) atoms. The summed E-state index contributed by atoms with van der Waals surface area (Å²) in [6, 6.07) is 11.9. The predicted molar refractivity (Wildman–Crippen MR) is 140 cm³/mol. The second-order valence-electron chi connectivity index (χ2n) is 7.69. The first-order chi connectivity index (χ1) is 16.2. The number of methoxy groups -OCH3 is 1. The van der Waals surface area contributed by atoms with Gasteiger partial charge in [-0.2, -0.15) is 0 Å². The molecule has 0 saturated heterocycles. The molecule has 0 amide bonds. The molecule has 0 fully saturated rings. The summed E-state index contributed by atoms with van der Waals surface area (Å²) < 4.78 is 45.5. The fraction of sp³-hybridized carbons (Fsp3) is 0.304. The van der Waals surface area contributed by atoms with E-state index in [1.807, 2.05) is 38.1 Å². The molecule has 1 N–H and O–H groups in total. The van der Waals surface area contributed by atoms with Gasteiger partial charge in [0.25, 0.3) is 15.9 Å². The van der Waals surface area contributed by atoms with E-state index in [9.17, 15) is 8.42 Å². The van der Waals surface area contributed by atoms with Crippen LogP contribution in [0.15, 0.2) is 58.2 Å². The Balaban J connectivity index is 0.00000432. The summed E-state index contributed by atoms with van der Waals surface area (Å²) in [6.45, 7) is 3.24. The summed E-state index contributed by atoms with van der Waals surface area (Å²) in [5.41, 5.74) is 1.74. The van der Waals surface area contributed by atoms with Crippen molar-refractivity contribution in [3.8, 4) is 17.4 Å². The molecule has 0 atom stereocenters. The van der Waals surface area contributed by atoms with Crippen LogP contribution < -0.4 is 18.9 Å². The van der Waals surface area contributed by atoms with Gasteiger partial charge in [-0.1, -0.05) is 23.8 Å². The van der Waals surface area contributed by atoms with Crippen molar-refractivity contribution in [3.05, 3.63) is 64.4 Å². The molecule has 12 heteroatoms. The average Bonchev–Trinajstić information content (AvgIpc) is 2.79. The molecule has 3 aromatic rings. The topological polar surface area (TPSA) is 103 Å². The Morgan fingerprint density at radius 2 is 1.77 bits per heavy atom. The van der Waals surface area contributed by atoms with Crippen LogP contribution in [-0.2, 0) is 16.6 Å². The van der Waals surface area contributed by atoms with Gasteiger partial charge in [0.15, 0.2) is 11.5 Å². The molecule has 0 bridgehead atoms. The van der Waals surface area contributed by atoms with Crippen LogP contribution in [0.1, 0.15) is 11.1 Å². The van der Waals surface area contributed by atoms with E-state index in [-0.39, 0.29) is 52.8 Å². The molecular formula is C23H28BrN4NaO5S. The molecule has 0 saturated carbocycles. The molecule has 3 rings (SSSR count). The van der Waals surface area contributed by atoms with Crippen molar-refractivity contribution in [2.45, 2.75) is 18.4 Å². The fourth-order valence-corrected chi connectivity index (χ4v) is 4.11. The molecule has 0 aliphatic heterocycles. The first-order valence-electron chi connectivity index (χ1n) is 10.4. The first kappa shape index (κ1) is 29.3. The van der Waals surface area contributed by atoms with Crippen molar-refractivity contribution in [2.75, 3.05) is 39.1 Å². The van der Waals surface area contributed by atoms with Crippen molar-refractivity contribution in [1.29, 1.82) is 0 Å². The number of rotatable bonds is 11. The number of hydrogen-bond donors (Lipinski definition) is 1. The zero-order valence-electron chi connectivity index (χ0n) is 19.4. The van der Waals surface area contributed by atoms with Gasteiger partial charge in [0.1, 0.15) is 17.8 Å². The molecule has 1 heterocycles. The van der Waals surface area contributed by atoms with Gasteiger partial charge in [-0.25, -0.2) is 18.4 Å². The number of aryl methyl sites for hydroxylation is 1. The minimum atomic E-state index is -3.87. The fourth-order valence-electron chi connectivity index (χ4n) is 2.84. The van der Waals surface area contributed by atoms with Gasteiger partial charge >= 0.3 is 29.6 Å². The van der Waals surface area contributed by atoms with E-state index < -0.39 is 10.0 Å². The molecule has 0 radical (unpaired) electrons. The van der Waals surface area contributed by atoms with E-state index in [0.29, 0.717) is 22.7 Å². The Morgan fingerprint density at radius 1 is 1.06 bits per heavy atom. The van der Waals surface area contributed by atoms with Crippen LogP contribution in [0.4, 0.5) is 5.82 Å². The third-order valence-electron chi connectivity index (χ3n) is 4.67. The van der Waals surface area contributed by atoms with E-state index in [1.165, 1.54) is 18.3 Å². The quantitative estimate of drug-likeness (QED) is 0.348. The Morgan fingerprint density at radius 3 is 2.43 bits per heavy atom. The average molecular weight is 575 g/mol. The third-order valence-corrected chi connectivity index (χ3v) is 6.41. The first-order valence-corrected chi connectivity index (χ1v) is 12.6.